The van der Waals surface area contributed by atoms with Gasteiger partial charge in [-0.05, 0) is 0 Å². The molecule has 0 aliphatic rings. The molecule has 0 aliphatic carbocycles. The van der Waals surface area contributed by atoms with Gasteiger partial charge in [0.1, 0.15) is 0 Å². The van der Waals surface area contributed by atoms with Gasteiger partial charge in [0, 0.05) is 20.6 Å². The maximum atomic E-state index is 10.8. The third-order valence-electron chi connectivity index (χ3n) is 1.01. The quantitative estimate of drug-likeness (QED) is 0.472. The fraction of sp³-hybridized carbons (Fsp3) is 0.800. The first-order valence-corrected chi connectivity index (χ1v) is 2.76. The van der Waals surface area contributed by atoms with E-state index in [9.17, 15) is 4.79 Å². The highest BCUT2D eigenvalue weighted by Crippen LogP contribution is 1.81. The zero-order chi connectivity index (χ0) is 7.44. The smallest absolute Gasteiger partial charge is 0.240 e. The predicted octanol–water partition coefficient (Wildman–Crippen LogP) is -1.64. The van der Waals surface area contributed by atoms with Gasteiger partial charge in [-0.1, -0.05) is 0 Å². The zero-order valence-corrected chi connectivity index (χ0v) is 5.79. The molecule has 9 heavy (non-hydrogen) atoms. The average Bonchev–Trinajstić information content (AvgIpc) is 1.84. The van der Waals surface area contributed by atoms with E-state index in [2.05, 4.69) is 0 Å². The second-order valence-electron chi connectivity index (χ2n) is 2.07. The molecule has 1 atom stereocenters. The van der Waals surface area contributed by atoms with Gasteiger partial charge >= 0.3 is 0 Å². The number of carbonyl (C=O) groups excluding carboxylic acids is 1. The van der Waals surface area contributed by atoms with Crippen molar-refractivity contribution in [2.45, 2.75) is 6.04 Å². The van der Waals surface area contributed by atoms with Crippen molar-refractivity contribution < 1.29 is 4.79 Å². The van der Waals surface area contributed by atoms with E-state index >= 15 is 0 Å². The molecular formula is C5H13N3O. The van der Waals surface area contributed by atoms with Gasteiger partial charge in [-0.2, -0.15) is 0 Å². The summed E-state index contributed by atoms with van der Waals surface area (Å²) in [5.74, 6) is -0.127. The van der Waals surface area contributed by atoms with Crippen LogP contribution in [0, 0.1) is 0 Å². The van der Waals surface area contributed by atoms with Crippen LogP contribution < -0.4 is 11.5 Å². The Balaban J connectivity index is 3.73. The van der Waals surface area contributed by atoms with E-state index in [0.717, 1.165) is 0 Å². The molecule has 0 aromatic rings. The maximum Gasteiger partial charge on any atom is 0.240 e. The van der Waals surface area contributed by atoms with Crippen molar-refractivity contribution in [1.82, 2.24) is 4.90 Å². The number of amides is 1. The SMILES string of the molecule is CN(C)C(=O)[C@@H](N)CN. The molecule has 4 heteroatoms. The van der Waals surface area contributed by atoms with Gasteiger partial charge < -0.3 is 16.4 Å². The summed E-state index contributed by atoms with van der Waals surface area (Å²) in [6.45, 7) is 0.205. The monoisotopic (exact) mass is 131 g/mol. The summed E-state index contributed by atoms with van der Waals surface area (Å²) in [5, 5.41) is 0. The van der Waals surface area contributed by atoms with Crippen molar-refractivity contribution in [3.63, 3.8) is 0 Å². The van der Waals surface area contributed by atoms with Gasteiger partial charge in [0.25, 0.3) is 0 Å². The summed E-state index contributed by atoms with van der Waals surface area (Å²) in [6, 6.07) is -0.542. The molecule has 0 heterocycles. The Labute approximate surface area is 54.8 Å². The van der Waals surface area contributed by atoms with Crippen LogP contribution in [0.2, 0.25) is 0 Å². The number of hydrogen-bond donors (Lipinski definition) is 2. The maximum absolute atomic E-state index is 10.8. The lowest BCUT2D eigenvalue weighted by Crippen LogP contribution is -2.44. The molecule has 0 radical (unpaired) electrons. The van der Waals surface area contributed by atoms with Crippen LogP contribution in [-0.2, 0) is 4.79 Å². The Kier molecular flexibility index (Phi) is 3.19. The molecule has 0 saturated heterocycles. The predicted molar refractivity (Wildman–Crippen MR) is 35.7 cm³/mol. The van der Waals surface area contributed by atoms with Crippen molar-refractivity contribution in [1.29, 1.82) is 0 Å². The molecule has 0 aromatic heterocycles. The first-order chi connectivity index (χ1) is 4.09. The Hall–Kier alpha value is -0.610. The third kappa shape index (κ3) is 2.43. The minimum Gasteiger partial charge on any atom is -0.347 e. The largest absolute Gasteiger partial charge is 0.347 e. The normalized spacial score (nSPS) is 12.9. The van der Waals surface area contributed by atoms with E-state index in [1.807, 2.05) is 0 Å². The van der Waals surface area contributed by atoms with Crippen LogP contribution in [-0.4, -0.2) is 37.5 Å². The number of rotatable bonds is 2. The minimum absolute atomic E-state index is 0.127. The Bertz CT molecular complexity index is 102. The highest BCUT2D eigenvalue weighted by molar-refractivity contribution is 5.81. The van der Waals surface area contributed by atoms with E-state index in [-0.39, 0.29) is 12.5 Å². The molecule has 0 bridgehead atoms. The minimum atomic E-state index is -0.542. The van der Waals surface area contributed by atoms with Gasteiger partial charge in [-0.15, -0.1) is 0 Å². The Morgan fingerprint density at radius 1 is 1.67 bits per heavy atom. The van der Waals surface area contributed by atoms with Gasteiger partial charge in [-0.25, -0.2) is 0 Å². The highest BCUT2D eigenvalue weighted by atomic mass is 16.2. The molecule has 4 N–H and O–H groups in total. The van der Waals surface area contributed by atoms with Gasteiger partial charge in [0.2, 0.25) is 5.91 Å². The molecule has 0 unspecified atom stereocenters. The van der Waals surface area contributed by atoms with Crippen molar-refractivity contribution >= 4 is 5.91 Å². The van der Waals surface area contributed by atoms with E-state index in [1.54, 1.807) is 14.1 Å². The van der Waals surface area contributed by atoms with Crippen LogP contribution in [0.25, 0.3) is 0 Å². The highest BCUT2D eigenvalue weighted by Gasteiger charge is 2.11. The average molecular weight is 131 g/mol. The van der Waals surface area contributed by atoms with E-state index in [0.29, 0.717) is 0 Å². The van der Waals surface area contributed by atoms with Crippen molar-refractivity contribution in [2.24, 2.45) is 11.5 Å². The first-order valence-electron chi connectivity index (χ1n) is 2.76. The molecule has 1 amide bonds. The van der Waals surface area contributed by atoms with Gasteiger partial charge in [0.15, 0.2) is 0 Å². The van der Waals surface area contributed by atoms with Crippen LogP contribution in [0.3, 0.4) is 0 Å². The second-order valence-corrected chi connectivity index (χ2v) is 2.07. The molecular weight excluding hydrogens is 118 g/mol. The van der Waals surface area contributed by atoms with Gasteiger partial charge in [0.05, 0.1) is 6.04 Å². The Morgan fingerprint density at radius 2 is 2.11 bits per heavy atom. The Morgan fingerprint density at radius 3 is 2.22 bits per heavy atom. The molecule has 0 aliphatic heterocycles. The summed E-state index contributed by atoms with van der Waals surface area (Å²) >= 11 is 0. The number of nitrogens with zero attached hydrogens (tertiary/aromatic N) is 1. The summed E-state index contributed by atoms with van der Waals surface area (Å²) in [6.07, 6.45) is 0. The second kappa shape index (κ2) is 3.42. The van der Waals surface area contributed by atoms with Crippen LogP contribution in [0.4, 0.5) is 0 Å². The summed E-state index contributed by atoms with van der Waals surface area (Å²) in [5.41, 5.74) is 10.4. The molecule has 54 valence electrons. The fourth-order valence-corrected chi connectivity index (χ4v) is 0.432. The summed E-state index contributed by atoms with van der Waals surface area (Å²) in [4.78, 5) is 12.2. The molecule has 0 saturated carbocycles. The number of nitrogens with two attached hydrogens (primary N) is 2. The first kappa shape index (κ1) is 8.39. The molecule has 0 spiro atoms. The number of hydrogen-bond acceptors (Lipinski definition) is 3. The molecule has 0 aromatic carbocycles. The van der Waals surface area contributed by atoms with Crippen molar-refractivity contribution in [3.8, 4) is 0 Å². The third-order valence-corrected chi connectivity index (χ3v) is 1.01. The van der Waals surface area contributed by atoms with Gasteiger partial charge in [-0.3, -0.25) is 4.79 Å². The fourth-order valence-electron chi connectivity index (χ4n) is 0.432. The van der Waals surface area contributed by atoms with Crippen LogP contribution in [0.1, 0.15) is 0 Å². The van der Waals surface area contributed by atoms with Crippen LogP contribution in [0.5, 0.6) is 0 Å². The molecule has 0 rings (SSSR count). The lowest BCUT2D eigenvalue weighted by molar-refractivity contribution is -0.129. The van der Waals surface area contributed by atoms with Crippen LogP contribution >= 0.6 is 0 Å². The van der Waals surface area contributed by atoms with Crippen molar-refractivity contribution in [2.75, 3.05) is 20.6 Å². The van der Waals surface area contributed by atoms with Crippen molar-refractivity contribution in [3.05, 3.63) is 0 Å². The van der Waals surface area contributed by atoms with E-state index < -0.39 is 6.04 Å². The summed E-state index contributed by atoms with van der Waals surface area (Å²) in [7, 11) is 3.30. The molecule has 4 nitrogen and oxygen atoms in total. The standard InChI is InChI=1S/C5H13N3O/c1-8(2)5(9)4(7)3-6/h4H,3,6-7H2,1-2H3/t4-/m0/s1. The lowest BCUT2D eigenvalue weighted by atomic mass is 10.3. The zero-order valence-electron chi connectivity index (χ0n) is 5.79. The van der Waals surface area contributed by atoms with Crippen LogP contribution in [0.15, 0.2) is 0 Å². The summed E-state index contributed by atoms with van der Waals surface area (Å²) < 4.78 is 0. The van der Waals surface area contributed by atoms with E-state index in [1.165, 1.54) is 4.90 Å². The lowest BCUT2D eigenvalue weighted by Gasteiger charge is -2.14. The van der Waals surface area contributed by atoms with E-state index in [4.69, 9.17) is 11.5 Å². The number of likely N-dealkylation sites (N-methyl/N-ethyl adjacent to an activating group) is 1. The topological polar surface area (TPSA) is 72.3 Å². The number of carbonyl (C=O) groups is 1. The molecule has 0 fully saturated rings.